The van der Waals surface area contributed by atoms with Gasteiger partial charge in [-0.05, 0) is 53.8 Å². The van der Waals surface area contributed by atoms with Crippen LogP contribution in [-0.2, 0) is 24.5 Å². The van der Waals surface area contributed by atoms with Crippen molar-refractivity contribution in [2.45, 2.75) is 57.5 Å². The largest absolute Gasteiger partial charge is 0.428 e. The van der Waals surface area contributed by atoms with Gasteiger partial charge in [0.05, 0.1) is 28.4 Å². The smallest absolute Gasteiger partial charge is 0.341 e. The molecular weight excluding hydrogens is 643 g/mol. The molecule has 0 aromatic heterocycles. The number of rotatable bonds is 6. The minimum Gasteiger partial charge on any atom is -0.428 e. The van der Waals surface area contributed by atoms with Crippen molar-refractivity contribution < 1.29 is 37.5 Å². The molecule has 2 unspecified atom stereocenters. The number of nitrogens with zero attached hydrogens (tertiary/aromatic N) is 2. The second-order valence-corrected chi connectivity index (χ2v) is 13.1. The highest BCUT2D eigenvalue weighted by atomic mass is 35.5. The topological polar surface area (TPSA) is 118 Å². The summed E-state index contributed by atoms with van der Waals surface area (Å²) < 4.78 is 41.7. The fourth-order valence-electron chi connectivity index (χ4n) is 6.17. The lowest BCUT2D eigenvalue weighted by Gasteiger charge is -2.38. The maximum atomic E-state index is 16.0. The Kier molecular flexibility index (Phi) is 9.01. The third-order valence-corrected chi connectivity index (χ3v) is 8.52. The maximum absolute atomic E-state index is 16.0. The van der Waals surface area contributed by atoms with Crippen LogP contribution >= 0.6 is 23.2 Å². The van der Waals surface area contributed by atoms with Gasteiger partial charge in [-0.25, -0.2) is 13.6 Å². The average Bonchev–Trinajstić information content (AvgIpc) is 3.13. The third-order valence-electron chi connectivity index (χ3n) is 8.00. The van der Waals surface area contributed by atoms with E-state index in [1.807, 2.05) is 20.8 Å². The van der Waals surface area contributed by atoms with E-state index in [9.17, 15) is 19.6 Å². The fraction of sp³-hybridized carbons (Fsp3) is 0.333. The Morgan fingerprint density at radius 2 is 1.85 bits per heavy atom. The molecule has 3 aromatic carbocycles. The van der Waals surface area contributed by atoms with Crippen LogP contribution in [0.3, 0.4) is 0 Å². The number of hydrogen-bond acceptors (Lipinski definition) is 8. The van der Waals surface area contributed by atoms with Crippen molar-refractivity contribution in [3.63, 3.8) is 0 Å². The molecule has 3 aromatic rings. The number of carbonyl (C=O) groups excluding carboxylic acids is 3. The predicted octanol–water partition coefficient (Wildman–Crippen LogP) is 6.93. The molecule has 2 aliphatic rings. The van der Waals surface area contributed by atoms with E-state index in [0.717, 1.165) is 13.0 Å². The summed E-state index contributed by atoms with van der Waals surface area (Å²) >= 11 is 12.3. The maximum Gasteiger partial charge on any atom is 0.341 e. The monoisotopic (exact) mass is 671 g/mol. The number of amides is 1. The van der Waals surface area contributed by atoms with Gasteiger partial charge in [0.2, 0.25) is 12.7 Å². The van der Waals surface area contributed by atoms with Crippen LogP contribution in [0.15, 0.2) is 54.6 Å². The van der Waals surface area contributed by atoms with Crippen molar-refractivity contribution in [1.82, 2.24) is 5.06 Å². The summed E-state index contributed by atoms with van der Waals surface area (Å²) in [7, 11) is 0. The van der Waals surface area contributed by atoms with Crippen molar-refractivity contribution in [3.8, 4) is 11.8 Å². The van der Waals surface area contributed by atoms with Crippen LogP contribution in [0, 0.1) is 28.4 Å². The van der Waals surface area contributed by atoms with Gasteiger partial charge in [-0.1, -0.05) is 62.2 Å². The number of carbonyl (C=O) groups is 3. The second-order valence-electron chi connectivity index (χ2n) is 12.3. The van der Waals surface area contributed by atoms with Crippen LogP contribution in [0.4, 0.5) is 14.5 Å². The lowest BCUT2D eigenvalue weighted by molar-refractivity contribution is -0.149. The third kappa shape index (κ3) is 6.00. The summed E-state index contributed by atoms with van der Waals surface area (Å²) in [6.07, 6.45) is 0.171. The van der Waals surface area contributed by atoms with Gasteiger partial charge < -0.3 is 19.6 Å². The van der Waals surface area contributed by atoms with Gasteiger partial charge in [-0.2, -0.15) is 5.26 Å². The number of nitrogens with one attached hydrogen (secondary N) is 1. The zero-order chi connectivity index (χ0) is 33.6. The molecule has 1 N–H and O–H groups in total. The molecule has 0 aliphatic carbocycles. The SMILES string of the molecule is CC(=O)OCOC(=O)c1ccc2c(c1)ON1C(CC(C)(C)C)[C@](C#N)(c3ccc(Cl)cc3F)C(c3cccc(Cl)c3F)[C@@H]1C(=O)N2. The Morgan fingerprint density at radius 3 is 2.50 bits per heavy atom. The standard InChI is InChI=1S/C33H29Cl2F2N3O6/c1-17(41)44-16-45-31(43)18-8-11-24-25(12-18)46-40-26(14-32(2,3)4)33(15-38,21-10-9-19(34)13-23(21)36)27(29(40)30(42)39-24)20-6-5-7-22(35)28(20)37/h5-13,26-27,29H,14,16H2,1-4H3,(H,39,42)/t26?,27?,29-,33+/m1/s1. The average molecular weight is 673 g/mol. The zero-order valence-corrected chi connectivity index (χ0v) is 26.7. The lowest BCUT2D eigenvalue weighted by Crippen LogP contribution is -2.48. The van der Waals surface area contributed by atoms with Gasteiger partial charge in [0.1, 0.15) is 23.1 Å². The van der Waals surface area contributed by atoms with E-state index >= 15 is 8.78 Å². The van der Waals surface area contributed by atoms with Gasteiger partial charge in [0, 0.05) is 23.4 Å². The normalized spacial score (nSPS) is 22.4. The molecule has 46 heavy (non-hydrogen) atoms. The number of ether oxygens (including phenoxy) is 2. The minimum absolute atomic E-state index is 0.00195. The summed E-state index contributed by atoms with van der Waals surface area (Å²) in [5, 5.41) is 15.0. The Bertz CT molecular complexity index is 1770. The molecule has 0 bridgehead atoms. The molecular formula is C33H29Cl2F2N3O6. The first-order chi connectivity index (χ1) is 21.7. The van der Waals surface area contributed by atoms with Gasteiger partial charge >= 0.3 is 11.9 Å². The molecule has 1 amide bonds. The summed E-state index contributed by atoms with van der Waals surface area (Å²) in [5.41, 5.74) is -2.47. The van der Waals surface area contributed by atoms with Crippen molar-refractivity contribution in [1.29, 1.82) is 5.26 Å². The van der Waals surface area contributed by atoms with Crippen LogP contribution in [0.1, 0.15) is 61.5 Å². The molecule has 240 valence electrons. The van der Waals surface area contributed by atoms with E-state index in [0.29, 0.717) is 0 Å². The van der Waals surface area contributed by atoms with Crippen LogP contribution in [0.5, 0.6) is 5.75 Å². The van der Waals surface area contributed by atoms with Gasteiger partial charge in [0.15, 0.2) is 5.75 Å². The highest BCUT2D eigenvalue weighted by Crippen LogP contribution is 2.57. The minimum atomic E-state index is -1.92. The molecule has 1 fully saturated rings. The molecule has 13 heteroatoms. The molecule has 0 spiro atoms. The number of anilines is 1. The molecule has 0 radical (unpaired) electrons. The summed E-state index contributed by atoms with van der Waals surface area (Å²) in [6, 6.07) is 12.0. The van der Waals surface area contributed by atoms with Crippen molar-refractivity contribution in [2.24, 2.45) is 5.41 Å². The quantitative estimate of drug-likeness (QED) is 0.221. The van der Waals surface area contributed by atoms with Gasteiger partial charge in [-0.15, -0.1) is 5.06 Å². The summed E-state index contributed by atoms with van der Waals surface area (Å²) in [5.74, 6) is -5.19. The molecule has 4 atom stereocenters. The first kappa shape index (κ1) is 33.1. The van der Waals surface area contributed by atoms with Crippen molar-refractivity contribution >= 4 is 46.7 Å². The number of fused-ring (bicyclic) bond motifs is 2. The van der Waals surface area contributed by atoms with E-state index in [1.54, 1.807) is 0 Å². The first-order valence-electron chi connectivity index (χ1n) is 14.2. The van der Waals surface area contributed by atoms with Crippen LogP contribution in [0.25, 0.3) is 0 Å². The Hall–Kier alpha value is -4.24. The first-order valence-corrected chi connectivity index (χ1v) is 15.0. The highest BCUT2D eigenvalue weighted by molar-refractivity contribution is 6.31. The zero-order valence-electron chi connectivity index (χ0n) is 25.2. The number of nitriles is 1. The number of hydroxylamine groups is 2. The van der Waals surface area contributed by atoms with Gasteiger partial charge in [0.25, 0.3) is 0 Å². The summed E-state index contributed by atoms with van der Waals surface area (Å²) in [4.78, 5) is 44.4. The highest BCUT2D eigenvalue weighted by Gasteiger charge is 2.67. The van der Waals surface area contributed by atoms with E-state index in [4.69, 9.17) is 32.8 Å². The van der Waals surface area contributed by atoms with E-state index in [2.05, 4.69) is 16.1 Å². The molecule has 5 rings (SSSR count). The number of benzene rings is 3. The Labute approximate surface area is 273 Å². The summed E-state index contributed by atoms with van der Waals surface area (Å²) in [6.45, 7) is 6.25. The van der Waals surface area contributed by atoms with E-state index in [1.165, 1.54) is 53.6 Å². The predicted molar refractivity (Wildman–Crippen MR) is 164 cm³/mol. The molecule has 0 saturated carbocycles. The van der Waals surface area contributed by atoms with Crippen LogP contribution < -0.4 is 10.2 Å². The molecule has 9 nitrogen and oxygen atoms in total. The molecule has 2 aliphatic heterocycles. The number of esters is 2. The number of hydrogen-bond donors (Lipinski definition) is 1. The number of halogens is 4. The molecule has 1 saturated heterocycles. The van der Waals surface area contributed by atoms with Crippen LogP contribution in [0.2, 0.25) is 10.0 Å². The van der Waals surface area contributed by atoms with E-state index in [-0.39, 0.29) is 44.6 Å². The lowest BCUT2D eigenvalue weighted by atomic mass is 9.62. The van der Waals surface area contributed by atoms with Crippen molar-refractivity contribution in [2.75, 3.05) is 12.1 Å². The molecule has 2 heterocycles. The Balaban J connectivity index is 1.73. The van der Waals surface area contributed by atoms with Gasteiger partial charge in [-0.3, -0.25) is 9.59 Å². The van der Waals surface area contributed by atoms with Crippen molar-refractivity contribution in [3.05, 3.63) is 93.0 Å². The second kappa shape index (κ2) is 12.5. The van der Waals surface area contributed by atoms with E-state index < -0.39 is 65.1 Å². The fourth-order valence-corrected chi connectivity index (χ4v) is 6.51. The Morgan fingerprint density at radius 1 is 1.11 bits per heavy atom. The van der Waals surface area contributed by atoms with Crippen LogP contribution in [-0.4, -0.2) is 41.8 Å².